The number of thiol groups is 1. The zero-order valence-corrected chi connectivity index (χ0v) is 20.6. The summed E-state index contributed by atoms with van der Waals surface area (Å²) in [6.45, 7) is 7.78. The van der Waals surface area contributed by atoms with Crippen LogP contribution >= 0.6 is 12.6 Å². The lowest BCUT2D eigenvalue weighted by molar-refractivity contribution is -0.0515. The van der Waals surface area contributed by atoms with E-state index >= 15 is 0 Å². The van der Waals surface area contributed by atoms with Crippen LogP contribution in [0.1, 0.15) is 47.2 Å². The highest BCUT2D eigenvalue weighted by atomic mass is 32.1. The molecule has 1 unspecified atom stereocenters. The van der Waals surface area contributed by atoms with Crippen LogP contribution in [0.4, 0.5) is 8.78 Å². The maximum absolute atomic E-state index is 13.9. The minimum Gasteiger partial charge on any atom is -0.503 e. The summed E-state index contributed by atoms with van der Waals surface area (Å²) in [5.74, 6) is -3.34. The molecule has 1 saturated heterocycles. The van der Waals surface area contributed by atoms with Crippen LogP contribution in [0.25, 0.3) is 0 Å². The molecule has 1 aromatic carbocycles. The number of amides is 2. The molecule has 0 spiro atoms. The van der Waals surface area contributed by atoms with Gasteiger partial charge in [-0.3, -0.25) is 19.3 Å². The molecule has 2 aromatic rings. The van der Waals surface area contributed by atoms with Gasteiger partial charge in [0, 0.05) is 44.0 Å². The normalized spacial score (nSPS) is 22.2. The summed E-state index contributed by atoms with van der Waals surface area (Å²) in [5.41, 5.74) is -1.56. The highest BCUT2D eigenvalue weighted by Crippen LogP contribution is 2.39. The summed E-state index contributed by atoms with van der Waals surface area (Å²) in [6.07, 6.45) is 1.23. The lowest BCUT2D eigenvalue weighted by Crippen LogP contribution is -2.69. The van der Waals surface area contributed by atoms with E-state index in [9.17, 15) is 28.3 Å². The van der Waals surface area contributed by atoms with E-state index in [4.69, 9.17) is 12.6 Å². The minimum atomic E-state index is -1.01. The Bertz CT molecular complexity index is 1250. The molecular weight excluding hydrogens is 478 g/mol. The molecule has 2 aliphatic rings. The van der Waals surface area contributed by atoms with E-state index in [0.717, 1.165) is 6.07 Å². The van der Waals surface area contributed by atoms with Crippen molar-refractivity contribution in [1.82, 2.24) is 19.7 Å². The zero-order chi connectivity index (χ0) is 25.7. The third kappa shape index (κ3) is 4.54. The lowest BCUT2D eigenvalue weighted by atomic mass is 10.00. The first-order valence-electron chi connectivity index (χ1n) is 11.4. The van der Waals surface area contributed by atoms with Crippen molar-refractivity contribution >= 4 is 24.4 Å². The maximum Gasteiger partial charge on any atom is 0.276 e. The van der Waals surface area contributed by atoms with Gasteiger partial charge in [-0.25, -0.2) is 8.78 Å². The van der Waals surface area contributed by atoms with E-state index in [1.54, 1.807) is 4.90 Å². The molecule has 2 atom stereocenters. The summed E-state index contributed by atoms with van der Waals surface area (Å²) in [6, 6.07) is 2.94. The maximum atomic E-state index is 13.9. The molecule has 2 amide bonds. The smallest absolute Gasteiger partial charge is 0.276 e. The van der Waals surface area contributed by atoms with Crippen molar-refractivity contribution in [1.29, 1.82) is 0 Å². The predicted molar refractivity (Wildman–Crippen MR) is 128 cm³/mol. The summed E-state index contributed by atoms with van der Waals surface area (Å²) >= 11 is 4.90. The van der Waals surface area contributed by atoms with Crippen molar-refractivity contribution in [2.75, 3.05) is 19.6 Å². The van der Waals surface area contributed by atoms with Crippen molar-refractivity contribution in [3.8, 4) is 5.75 Å². The van der Waals surface area contributed by atoms with Crippen molar-refractivity contribution < 1.29 is 23.5 Å². The van der Waals surface area contributed by atoms with Crippen molar-refractivity contribution in [2.24, 2.45) is 11.8 Å². The molecule has 11 heteroatoms. The van der Waals surface area contributed by atoms with Crippen LogP contribution in [0.2, 0.25) is 0 Å². The molecule has 4 rings (SSSR count). The Hall–Kier alpha value is -2.92. The number of carbonyl (C=O) groups excluding carboxylic acids is 2. The molecule has 8 nitrogen and oxygen atoms in total. The summed E-state index contributed by atoms with van der Waals surface area (Å²) in [5, 5.41) is 13.1. The summed E-state index contributed by atoms with van der Waals surface area (Å²) in [7, 11) is 0. The Labute approximate surface area is 206 Å². The number of aromatic nitrogens is 1. The van der Waals surface area contributed by atoms with E-state index in [-0.39, 0.29) is 30.3 Å². The number of fused-ring (bicyclic) bond motifs is 2. The van der Waals surface area contributed by atoms with Crippen LogP contribution in [0.15, 0.2) is 29.2 Å². The van der Waals surface area contributed by atoms with Crippen LogP contribution < -0.4 is 10.7 Å². The van der Waals surface area contributed by atoms with Gasteiger partial charge in [-0.15, -0.1) is 12.6 Å². The molecule has 0 radical (unpaired) electrons. The van der Waals surface area contributed by atoms with E-state index in [0.29, 0.717) is 31.6 Å². The SMILES string of the molecule is CC(C)CN1C[C@@H](C)CN2C(=O)c3c(O)c(=O)c(C(=O)NCc4ccc(F)cc4F)cn3CC12S. The molecular formula is C24H28F2N4O4S. The fourth-order valence-corrected chi connectivity index (χ4v) is 5.24. The lowest BCUT2D eigenvalue weighted by Gasteiger charge is -2.56. The van der Waals surface area contributed by atoms with Crippen molar-refractivity contribution in [3.63, 3.8) is 0 Å². The topological polar surface area (TPSA) is 94.9 Å². The Morgan fingerprint density at radius 2 is 2.00 bits per heavy atom. The number of pyridine rings is 1. The number of hydrogen-bond acceptors (Lipinski definition) is 6. The highest BCUT2D eigenvalue weighted by Gasteiger charge is 2.51. The average molecular weight is 507 g/mol. The number of benzene rings is 1. The first kappa shape index (κ1) is 25.2. The molecule has 2 N–H and O–H groups in total. The van der Waals surface area contributed by atoms with Crippen LogP contribution in [0.5, 0.6) is 5.75 Å². The molecule has 2 aliphatic heterocycles. The average Bonchev–Trinajstić information content (AvgIpc) is 2.76. The molecule has 3 heterocycles. The first-order chi connectivity index (χ1) is 16.4. The van der Waals surface area contributed by atoms with Gasteiger partial charge in [-0.2, -0.15) is 0 Å². The molecule has 1 fully saturated rings. The number of rotatable bonds is 5. The second-order valence-corrected chi connectivity index (χ2v) is 10.4. The van der Waals surface area contributed by atoms with E-state index in [1.807, 2.05) is 6.92 Å². The van der Waals surface area contributed by atoms with E-state index in [2.05, 4.69) is 24.1 Å². The van der Waals surface area contributed by atoms with Gasteiger partial charge in [0.2, 0.25) is 5.43 Å². The number of nitrogens with zero attached hydrogens (tertiary/aromatic N) is 3. The van der Waals surface area contributed by atoms with Gasteiger partial charge in [-0.1, -0.05) is 26.8 Å². The van der Waals surface area contributed by atoms with Gasteiger partial charge >= 0.3 is 0 Å². The van der Waals surface area contributed by atoms with Crippen molar-refractivity contribution in [3.05, 3.63) is 63.1 Å². The predicted octanol–water partition coefficient (Wildman–Crippen LogP) is 2.41. The third-order valence-electron chi connectivity index (χ3n) is 6.34. The first-order valence-corrected chi connectivity index (χ1v) is 11.8. The van der Waals surface area contributed by atoms with Crippen LogP contribution in [-0.2, 0) is 13.1 Å². The number of aromatic hydroxyl groups is 1. The number of hydrogen-bond donors (Lipinski definition) is 3. The van der Waals surface area contributed by atoms with E-state index < -0.39 is 45.2 Å². The molecule has 188 valence electrons. The Kier molecular flexibility index (Phi) is 6.67. The zero-order valence-electron chi connectivity index (χ0n) is 19.7. The van der Waals surface area contributed by atoms with Gasteiger partial charge in [0.15, 0.2) is 16.4 Å². The van der Waals surface area contributed by atoms with Crippen molar-refractivity contribution in [2.45, 2.75) is 38.9 Å². The number of halogens is 2. The van der Waals surface area contributed by atoms with Gasteiger partial charge in [0.25, 0.3) is 11.8 Å². The van der Waals surface area contributed by atoms with Gasteiger partial charge in [-0.05, 0) is 17.9 Å². The molecule has 1 aromatic heterocycles. The number of nitrogens with one attached hydrogen (secondary N) is 1. The van der Waals surface area contributed by atoms with Gasteiger partial charge in [0.1, 0.15) is 17.2 Å². The largest absolute Gasteiger partial charge is 0.503 e. The molecule has 0 aliphatic carbocycles. The Balaban J connectivity index is 1.68. The third-order valence-corrected chi connectivity index (χ3v) is 7.00. The highest BCUT2D eigenvalue weighted by molar-refractivity contribution is 7.81. The van der Waals surface area contributed by atoms with E-state index in [1.165, 1.54) is 16.8 Å². The molecule has 0 bridgehead atoms. The second-order valence-electron chi connectivity index (χ2n) is 9.71. The van der Waals surface area contributed by atoms with Crippen LogP contribution in [0.3, 0.4) is 0 Å². The molecule has 0 saturated carbocycles. The fourth-order valence-electron chi connectivity index (χ4n) is 4.75. The summed E-state index contributed by atoms with van der Waals surface area (Å²) in [4.78, 5) is 41.7. The monoisotopic (exact) mass is 506 g/mol. The standard InChI is InChI=1S/C24H28F2N4O4S/c1-13(2)8-29-9-14(3)10-30-23(34)19-21(32)20(31)17(11-28(19)12-24(29,30)35)22(33)27-7-15-4-5-16(25)6-18(15)26/h4-6,11,13-14,32,35H,7-10,12H2,1-3H3,(H,27,33)/t14-,24?/m1/s1. The Morgan fingerprint density at radius 3 is 2.66 bits per heavy atom. The van der Waals surface area contributed by atoms with Gasteiger partial charge < -0.3 is 19.9 Å². The summed E-state index contributed by atoms with van der Waals surface area (Å²) < 4.78 is 28.4. The minimum absolute atomic E-state index is 0.0304. The van der Waals surface area contributed by atoms with Crippen LogP contribution in [-0.4, -0.2) is 55.9 Å². The molecule has 35 heavy (non-hydrogen) atoms. The second kappa shape index (κ2) is 9.27. The van der Waals surface area contributed by atoms with Crippen LogP contribution in [0, 0.1) is 23.5 Å². The fraction of sp³-hybridized carbons (Fsp3) is 0.458. The quantitative estimate of drug-likeness (QED) is 0.542. The Morgan fingerprint density at radius 1 is 1.29 bits per heavy atom. The number of carbonyl (C=O) groups is 2. The van der Waals surface area contributed by atoms with Gasteiger partial charge in [0.05, 0.1) is 6.54 Å².